The predicted octanol–water partition coefficient (Wildman–Crippen LogP) is 1.08. The molecule has 0 atom stereocenters. The van der Waals surface area contributed by atoms with Crippen molar-refractivity contribution in [3.05, 3.63) is 35.4 Å². The molecule has 1 aromatic carbocycles. The van der Waals surface area contributed by atoms with Crippen molar-refractivity contribution in [2.24, 2.45) is 5.73 Å². The predicted molar refractivity (Wildman–Crippen MR) is 59.7 cm³/mol. The zero-order chi connectivity index (χ0) is 10.9. The first-order valence-corrected chi connectivity index (χ1v) is 5.23. The van der Waals surface area contributed by atoms with E-state index in [4.69, 9.17) is 5.73 Å². The molecular weight excluding hydrogens is 188 g/mol. The minimum absolute atomic E-state index is 0.00130. The van der Waals surface area contributed by atoms with Gasteiger partial charge in [0.2, 0.25) is 0 Å². The molecule has 15 heavy (non-hydrogen) atoms. The largest absolute Gasteiger partial charge is 0.355 e. The minimum atomic E-state index is -0.0429. The summed E-state index contributed by atoms with van der Waals surface area (Å²) in [6, 6.07) is 7.68. The summed E-state index contributed by atoms with van der Waals surface area (Å²) in [4.78, 5) is 11.4. The van der Waals surface area contributed by atoms with E-state index in [0.29, 0.717) is 5.56 Å². The van der Waals surface area contributed by atoms with E-state index in [-0.39, 0.29) is 11.4 Å². The van der Waals surface area contributed by atoms with Crippen LogP contribution in [0.3, 0.4) is 0 Å². The third-order valence-corrected chi connectivity index (χ3v) is 2.86. The molecule has 3 nitrogen and oxygen atoms in total. The monoisotopic (exact) mass is 204 g/mol. The highest BCUT2D eigenvalue weighted by Crippen LogP contribution is 2.35. The van der Waals surface area contributed by atoms with Gasteiger partial charge in [-0.25, -0.2) is 0 Å². The highest BCUT2D eigenvalue weighted by atomic mass is 16.1. The van der Waals surface area contributed by atoms with Gasteiger partial charge in [-0.3, -0.25) is 4.79 Å². The summed E-state index contributed by atoms with van der Waals surface area (Å²) in [7, 11) is 1.64. The van der Waals surface area contributed by atoms with Gasteiger partial charge < -0.3 is 11.1 Å². The number of hydrogen-bond donors (Lipinski definition) is 2. The van der Waals surface area contributed by atoms with Gasteiger partial charge in [-0.15, -0.1) is 0 Å². The van der Waals surface area contributed by atoms with Crippen LogP contribution in [0.15, 0.2) is 24.3 Å². The molecule has 3 heteroatoms. The first-order valence-electron chi connectivity index (χ1n) is 5.23. The molecule has 1 saturated carbocycles. The lowest BCUT2D eigenvalue weighted by atomic mass is 10.0. The maximum Gasteiger partial charge on any atom is 0.251 e. The molecule has 1 fully saturated rings. The Labute approximate surface area is 89.7 Å². The molecule has 1 amide bonds. The Kier molecular flexibility index (Phi) is 2.49. The van der Waals surface area contributed by atoms with Crippen molar-refractivity contribution in [1.29, 1.82) is 0 Å². The van der Waals surface area contributed by atoms with Crippen LogP contribution in [0.25, 0.3) is 0 Å². The zero-order valence-electron chi connectivity index (χ0n) is 8.92. The number of nitrogens with two attached hydrogens (primary N) is 1. The number of nitrogens with one attached hydrogen (secondary N) is 1. The van der Waals surface area contributed by atoms with Crippen LogP contribution in [0.5, 0.6) is 0 Å². The summed E-state index contributed by atoms with van der Waals surface area (Å²) in [6.45, 7) is 0. The Morgan fingerprint density at radius 2 is 2.27 bits per heavy atom. The summed E-state index contributed by atoms with van der Waals surface area (Å²) in [6.07, 6.45) is 3.06. The van der Waals surface area contributed by atoms with Gasteiger partial charge in [0.25, 0.3) is 5.91 Å². The lowest BCUT2D eigenvalue weighted by Crippen LogP contribution is -2.25. The number of benzene rings is 1. The van der Waals surface area contributed by atoms with E-state index >= 15 is 0 Å². The molecule has 1 aliphatic carbocycles. The van der Waals surface area contributed by atoms with E-state index in [1.54, 1.807) is 7.05 Å². The van der Waals surface area contributed by atoms with Crippen LogP contribution in [0.2, 0.25) is 0 Å². The van der Waals surface area contributed by atoms with Crippen LogP contribution in [0, 0.1) is 0 Å². The Balaban J connectivity index is 2.15. The van der Waals surface area contributed by atoms with Crippen LogP contribution in [0.4, 0.5) is 0 Å². The van der Waals surface area contributed by atoms with Gasteiger partial charge in [0.05, 0.1) is 0 Å². The van der Waals surface area contributed by atoms with E-state index in [1.807, 2.05) is 24.3 Å². The molecule has 0 aromatic heterocycles. The molecule has 0 spiro atoms. The minimum Gasteiger partial charge on any atom is -0.355 e. The quantitative estimate of drug-likeness (QED) is 0.774. The Morgan fingerprint density at radius 1 is 1.53 bits per heavy atom. The zero-order valence-corrected chi connectivity index (χ0v) is 8.92. The molecule has 0 heterocycles. The van der Waals surface area contributed by atoms with Crippen LogP contribution in [-0.4, -0.2) is 18.5 Å². The van der Waals surface area contributed by atoms with Crippen LogP contribution in [-0.2, 0) is 6.42 Å². The van der Waals surface area contributed by atoms with Gasteiger partial charge in [0.1, 0.15) is 0 Å². The maximum atomic E-state index is 11.4. The lowest BCUT2D eigenvalue weighted by molar-refractivity contribution is 0.0963. The SMILES string of the molecule is CNC(=O)c1cccc(CC2(N)CC2)c1. The summed E-state index contributed by atoms with van der Waals surface area (Å²) in [5.41, 5.74) is 7.89. The van der Waals surface area contributed by atoms with E-state index in [0.717, 1.165) is 24.8 Å². The smallest absolute Gasteiger partial charge is 0.251 e. The molecule has 2 rings (SSSR count). The molecule has 1 aliphatic rings. The third kappa shape index (κ3) is 2.36. The van der Waals surface area contributed by atoms with Crippen LogP contribution in [0.1, 0.15) is 28.8 Å². The fourth-order valence-corrected chi connectivity index (χ4v) is 1.71. The van der Waals surface area contributed by atoms with Crippen molar-refractivity contribution in [2.75, 3.05) is 7.05 Å². The number of rotatable bonds is 3. The summed E-state index contributed by atoms with van der Waals surface area (Å²) in [5, 5.41) is 2.62. The second-order valence-corrected chi connectivity index (χ2v) is 4.32. The molecule has 0 unspecified atom stereocenters. The molecule has 0 aliphatic heterocycles. The van der Waals surface area contributed by atoms with E-state index in [1.165, 1.54) is 0 Å². The van der Waals surface area contributed by atoms with Gasteiger partial charge in [0, 0.05) is 18.2 Å². The topological polar surface area (TPSA) is 55.1 Å². The van der Waals surface area contributed by atoms with Crippen molar-refractivity contribution < 1.29 is 4.79 Å². The molecule has 80 valence electrons. The maximum absolute atomic E-state index is 11.4. The van der Waals surface area contributed by atoms with E-state index in [2.05, 4.69) is 5.32 Å². The van der Waals surface area contributed by atoms with Crippen LogP contribution >= 0.6 is 0 Å². The average molecular weight is 204 g/mol. The van der Waals surface area contributed by atoms with Gasteiger partial charge in [-0.05, 0) is 37.0 Å². The summed E-state index contributed by atoms with van der Waals surface area (Å²) >= 11 is 0. The van der Waals surface area contributed by atoms with E-state index < -0.39 is 0 Å². The Hall–Kier alpha value is -1.35. The average Bonchev–Trinajstić information content (AvgIpc) is 2.95. The molecule has 0 radical (unpaired) electrons. The molecule has 0 bridgehead atoms. The number of amides is 1. The number of carbonyl (C=O) groups excluding carboxylic acids is 1. The van der Waals surface area contributed by atoms with Gasteiger partial charge in [-0.2, -0.15) is 0 Å². The van der Waals surface area contributed by atoms with Gasteiger partial charge in [0.15, 0.2) is 0 Å². The van der Waals surface area contributed by atoms with Crippen LogP contribution < -0.4 is 11.1 Å². The van der Waals surface area contributed by atoms with Gasteiger partial charge in [-0.1, -0.05) is 12.1 Å². The third-order valence-electron chi connectivity index (χ3n) is 2.86. The van der Waals surface area contributed by atoms with Crippen molar-refractivity contribution in [2.45, 2.75) is 24.8 Å². The van der Waals surface area contributed by atoms with Crippen molar-refractivity contribution in [3.63, 3.8) is 0 Å². The standard InChI is InChI=1S/C12H16N2O/c1-14-11(15)10-4-2-3-9(7-10)8-12(13)5-6-12/h2-4,7H,5-6,8,13H2,1H3,(H,14,15). The van der Waals surface area contributed by atoms with Gasteiger partial charge >= 0.3 is 0 Å². The molecule has 1 aromatic rings. The Bertz CT molecular complexity index is 383. The molecule has 0 saturated heterocycles. The van der Waals surface area contributed by atoms with Crippen molar-refractivity contribution in [1.82, 2.24) is 5.32 Å². The van der Waals surface area contributed by atoms with Crippen molar-refractivity contribution in [3.8, 4) is 0 Å². The second kappa shape index (κ2) is 3.66. The van der Waals surface area contributed by atoms with E-state index in [9.17, 15) is 4.79 Å². The highest BCUT2D eigenvalue weighted by Gasteiger charge is 2.37. The first-order chi connectivity index (χ1) is 7.13. The number of carbonyl (C=O) groups is 1. The number of hydrogen-bond acceptors (Lipinski definition) is 2. The highest BCUT2D eigenvalue weighted by molar-refractivity contribution is 5.94. The summed E-state index contributed by atoms with van der Waals surface area (Å²) < 4.78 is 0. The molecular formula is C12H16N2O. The Morgan fingerprint density at radius 3 is 2.87 bits per heavy atom. The fraction of sp³-hybridized carbons (Fsp3) is 0.417. The fourth-order valence-electron chi connectivity index (χ4n) is 1.71. The van der Waals surface area contributed by atoms with Crippen molar-refractivity contribution >= 4 is 5.91 Å². The normalized spacial score (nSPS) is 17.2. The summed E-state index contributed by atoms with van der Waals surface area (Å²) in [5.74, 6) is -0.0429. The first kappa shape index (κ1) is 10.2. The lowest BCUT2D eigenvalue weighted by Gasteiger charge is -2.09. The second-order valence-electron chi connectivity index (χ2n) is 4.32. The molecule has 3 N–H and O–H groups in total.